The van der Waals surface area contributed by atoms with Gasteiger partial charge >= 0.3 is 0 Å². The summed E-state index contributed by atoms with van der Waals surface area (Å²) in [6.07, 6.45) is 0. The van der Waals surface area contributed by atoms with Crippen LogP contribution < -0.4 is 5.32 Å². The molecule has 0 aliphatic carbocycles. The number of carbonyl (C=O) groups is 1. The first-order chi connectivity index (χ1) is 12.2. The number of hydrogen-bond acceptors (Lipinski definition) is 1. The quantitative estimate of drug-likeness (QED) is 0.530. The molecule has 4 aromatic carbocycles. The molecule has 0 saturated heterocycles. The Morgan fingerprint density at radius 3 is 2.28 bits per heavy atom. The van der Waals surface area contributed by atoms with Crippen molar-refractivity contribution in [2.75, 3.05) is 0 Å². The molecule has 122 valence electrons. The Balaban J connectivity index is 1.62. The molecule has 1 atom stereocenters. The molecule has 0 aliphatic heterocycles. The minimum atomic E-state index is -0.0647. The predicted octanol–water partition coefficient (Wildman–Crippen LogP) is 5.48. The molecule has 0 bridgehead atoms. The molecule has 2 nitrogen and oxygen atoms in total. The first kappa shape index (κ1) is 15.4. The molecular formula is C23H19NO. The predicted molar refractivity (Wildman–Crippen MR) is 104 cm³/mol. The monoisotopic (exact) mass is 325 g/mol. The molecule has 2 heteroatoms. The van der Waals surface area contributed by atoms with Gasteiger partial charge in [0.1, 0.15) is 0 Å². The normalized spacial score (nSPS) is 12.2. The van der Waals surface area contributed by atoms with E-state index < -0.39 is 0 Å². The highest BCUT2D eigenvalue weighted by Crippen LogP contribution is 2.24. The average molecular weight is 325 g/mol. The van der Waals surface area contributed by atoms with Crippen molar-refractivity contribution < 1.29 is 4.79 Å². The van der Waals surface area contributed by atoms with Crippen LogP contribution in [0.15, 0.2) is 84.9 Å². The van der Waals surface area contributed by atoms with Gasteiger partial charge in [-0.05, 0) is 46.2 Å². The average Bonchev–Trinajstić information content (AvgIpc) is 2.67. The maximum absolute atomic E-state index is 12.7. The number of fused-ring (bicyclic) bond motifs is 2. The van der Waals surface area contributed by atoms with Crippen molar-refractivity contribution in [2.24, 2.45) is 0 Å². The Hall–Kier alpha value is -3.13. The van der Waals surface area contributed by atoms with Crippen molar-refractivity contribution in [3.05, 3.63) is 96.1 Å². The van der Waals surface area contributed by atoms with Gasteiger partial charge in [-0.25, -0.2) is 0 Å². The van der Waals surface area contributed by atoms with E-state index in [1.54, 1.807) is 0 Å². The van der Waals surface area contributed by atoms with E-state index in [0.717, 1.165) is 16.3 Å². The molecule has 0 unspecified atom stereocenters. The summed E-state index contributed by atoms with van der Waals surface area (Å²) < 4.78 is 0. The number of hydrogen-bond donors (Lipinski definition) is 1. The molecule has 0 fully saturated rings. The molecule has 1 amide bonds. The molecule has 0 radical (unpaired) electrons. The van der Waals surface area contributed by atoms with E-state index in [0.29, 0.717) is 5.56 Å². The van der Waals surface area contributed by atoms with E-state index in [2.05, 4.69) is 35.6 Å². The summed E-state index contributed by atoms with van der Waals surface area (Å²) >= 11 is 0. The van der Waals surface area contributed by atoms with Gasteiger partial charge in [0.2, 0.25) is 0 Å². The number of nitrogens with one attached hydrogen (secondary N) is 1. The van der Waals surface area contributed by atoms with E-state index in [-0.39, 0.29) is 11.9 Å². The summed E-state index contributed by atoms with van der Waals surface area (Å²) in [7, 11) is 0. The third-order valence-electron chi connectivity index (χ3n) is 4.65. The summed E-state index contributed by atoms with van der Waals surface area (Å²) in [4.78, 5) is 12.7. The minimum absolute atomic E-state index is 0.0498. The third kappa shape index (κ3) is 2.99. The van der Waals surface area contributed by atoms with Gasteiger partial charge in [0.05, 0.1) is 6.04 Å². The van der Waals surface area contributed by atoms with Crippen LogP contribution in [0.3, 0.4) is 0 Å². The van der Waals surface area contributed by atoms with Gasteiger partial charge in [0.15, 0.2) is 0 Å². The Bertz CT molecular complexity index is 1060. The largest absolute Gasteiger partial charge is 0.345 e. The van der Waals surface area contributed by atoms with Gasteiger partial charge in [-0.15, -0.1) is 0 Å². The topological polar surface area (TPSA) is 29.1 Å². The highest BCUT2D eigenvalue weighted by atomic mass is 16.1. The number of benzene rings is 4. The molecule has 4 aromatic rings. The number of carbonyl (C=O) groups excluding carboxylic acids is 1. The zero-order chi connectivity index (χ0) is 17.2. The Kier molecular flexibility index (Phi) is 3.95. The second kappa shape index (κ2) is 6.40. The molecule has 0 heterocycles. The first-order valence-corrected chi connectivity index (χ1v) is 8.50. The van der Waals surface area contributed by atoms with Crippen molar-refractivity contribution in [3.8, 4) is 0 Å². The van der Waals surface area contributed by atoms with Crippen LogP contribution in [0.25, 0.3) is 21.5 Å². The SMILES string of the molecule is C[C@H](NC(=O)c1ccc2ccccc2c1)c1cccc2ccccc12. The lowest BCUT2D eigenvalue weighted by Crippen LogP contribution is -2.26. The smallest absolute Gasteiger partial charge is 0.251 e. The number of rotatable bonds is 3. The standard InChI is InChI=1S/C23H19NO/c1-16(21-12-6-10-18-8-4-5-11-22(18)21)24-23(25)20-14-13-17-7-2-3-9-19(17)15-20/h2-16H,1H3,(H,24,25)/t16-/m0/s1. The summed E-state index contributed by atoms with van der Waals surface area (Å²) in [5.41, 5.74) is 1.82. The highest BCUT2D eigenvalue weighted by molar-refractivity contribution is 5.99. The van der Waals surface area contributed by atoms with Crippen LogP contribution >= 0.6 is 0 Å². The van der Waals surface area contributed by atoms with Gasteiger partial charge in [-0.3, -0.25) is 4.79 Å². The van der Waals surface area contributed by atoms with Gasteiger partial charge in [-0.2, -0.15) is 0 Å². The maximum Gasteiger partial charge on any atom is 0.251 e. The fraction of sp³-hybridized carbons (Fsp3) is 0.0870. The van der Waals surface area contributed by atoms with Crippen LogP contribution in [0.1, 0.15) is 28.9 Å². The zero-order valence-corrected chi connectivity index (χ0v) is 14.1. The van der Waals surface area contributed by atoms with Crippen LogP contribution in [0.2, 0.25) is 0 Å². The van der Waals surface area contributed by atoms with E-state index in [1.165, 1.54) is 10.8 Å². The molecule has 0 spiro atoms. The lowest BCUT2D eigenvalue weighted by atomic mass is 9.99. The minimum Gasteiger partial charge on any atom is -0.345 e. The second-order valence-electron chi connectivity index (χ2n) is 6.33. The van der Waals surface area contributed by atoms with Crippen LogP contribution in [-0.4, -0.2) is 5.91 Å². The van der Waals surface area contributed by atoms with Crippen molar-refractivity contribution in [2.45, 2.75) is 13.0 Å². The fourth-order valence-electron chi connectivity index (χ4n) is 3.32. The second-order valence-corrected chi connectivity index (χ2v) is 6.33. The molecule has 0 aliphatic rings. The number of amides is 1. The Morgan fingerprint density at radius 2 is 1.44 bits per heavy atom. The summed E-state index contributed by atoms with van der Waals surface area (Å²) in [5.74, 6) is -0.0498. The molecule has 0 aromatic heterocycles. The fourth-order valence-corrected chi connectivity index (χ4v) is 3.32. The van der Waals surface area contributed by atoms with Gasteiger partial charge in [-0.1, -0.05) is 72.8 Å². The van der Waals surface area contributed by atoms with Crippen molar-refractivity contribution >= 4 is 27.5 Å². The molecule has 1 N–H and O–H groups in total. The van der Waals surface area contributed by atoms with E-state index in [4.69, 9.17) is 0 Å². The van der Waals surface area contributed by atoms with E-state index in [9.17, 15) is 4.79 Å². The molecule has 4 rings (SSSR count). The van der Waals surface area contributed by atoms with Crippen LogP contribution in [-0.2, 0) is 0 Å². The summed E-state index contributed by atoms with van der Waals surface area (Å²) in [5, 5.41) is 7.71. The Labute approximate surface area is 147 Å². The molecule has 25 heavy (non-hydrogen) atoms. The van der Waals surface area contributed by atoms with Crippen LogP contribution in [0.4, 0.5) is 0 Å². The zero-order valence-electron chi connectivity index (χ0n) is 14.1. The summed E-state index contributed by atoms with van der Waals surface area (Å²) in [6.45, 7) is 2.03. The van der Waals surface area contributed by atoms with Gasteiger partial charge in [0, 0.05) is 5.56 Å². The molecule has 0 saturated carbocycles. The van der Waals surface area contributed by atoms with E-state index in [1.807, 2.05) is 61.5 Å². The van der Waals surface area contributed by atoms with Crippen LogP contribution in [0, 0.1) is 0 Å². The van der Waals surface area contributed by atoms with Crippen LogP contribution in [0.5, 0.6) is 0 Å². The maximum atomic E-state index is 12.7. The van der Waals surface area contributed by atoms with E-state index >= 15 is 0 Å². The van der Waals surface area contributed by atoms with Crippen molar-refractivity contribution in [3.63, 3.8) is 0 Å². The summed E-state index contributed by atoms with van der Waals surface area (Å²) in [6, 6.07) is 28.3. The van der Waals surface area contributed by atoms with Crippen molar-refractivity contribution in [1.82, 2.24) is 5.32 Å². The lowest BCUT2D eigenvalue weighted by molar-refractivity contribution is 0.0940. The van der Waals surface area contributed by atoms with Gasteiger partial charge in [0.25, 0.3) is 5.91 Å². The van der Waals surface area contributed by atoms with Gasteiger partial charge < -0.3 is 5.32 Å². The Morgan fingerprint density at radius 1 is 0.760 bits per heavy atom. The first-order valence-electron chi connectivity index (χ1n) is 8.50. The highest BCUT2D eigenvalue weighted by Gasteiger charge is 2.13. The third-order valence-corrected chi connectivity index (χ3v) is 4.65. The lowest BCUT2D eigenvalue weighted by Gasteiger charge is -2.17. The van der Waals surface area contributed by atoms with Crippen molar-refractivity contribution in [1.29, 1.82) is 0 Å². The molecular weight excluding hydrogens is 306 g/mol.